The normalized spacial score (nSPS) is 12.3. The van der Waals surface area contributed by atoms with Crippen LogP contribution in [0.25, 0.3) is 11.4 Å². The van der Waals surface area contributed by atoms with Gasteiger partial charge in [-0.15, -0.1) is 11.3 Å². The Morgan fingerprint density at radius 2 is 2.26 bits per heavy atom. The first-order chi connectivity index (χ1) is 11.2. The van der Waals surface area contributed by atoms with E-state index in [1.54, 1.807) is 18.4 Å². The average Bonchev–Trinajstić information content (AvgIpc) is 3.22. The van der Waals surface area contributed by atoms with E-state index in [1.165, 1.54) is 4.88 Å². The fourth-order valence-electron chi connectivity index (χ4n) is 2.12. The van der Waals surface area contributed by atoms with Crippen molar-refractivity contribution < 1.29 is 9.26 Å². The summed E-state index contributed by atoms with van der Waals surface area (Å²) in [5.74, 6) is 1.88. The lowest BCUT2D eigenvalue weighted by molar-refractivity contribution is 0.339. The first kappa shape index (κ1) is 15.6. The number of methoxy groups -OCH3 is 1. The van der Waals surface area contributed by atoms with E-state index < -0.39 is 0 Å². The summed E-state index contributed by atoms with van der Waals surface area (Å²) in [6, 6.07) is 7.55. The molecule has 0 fully saturated rings. The lowest BCUT2D eigenvalue weighted by atomic mass is 10.2. The second-order valence-electron chi connectivity index (χ2n) is 5.15. The number of hydrogen-bond acceptors (Lipinski definition) is 7. The van der Waals surface area contributed by atoms with E-state index in [0.29, 0.717) is 11.7 Å². The van der Waals surface area contributed by atoms with E-state index in [9.17, 15) is 0 Å². The van der Waals surface area contributed by atoms with E-state index in [-0.39, 0.29) is 6.04 Å². The van der Waals surface area contributed by atoms with Gasteiger partial charge in [0.15, 0.2) is 0 Å². The summed E-state index contributed by atoms with van der Waals surface area (Å²) in [7, 11) is 1.63. The summed E-state index contributed by atoms with van der Waals surface area (Å²) in [4.78, 5) is 9.93. The molecule has 0 radical (unpaired) electrons. The maximum Gasteiger partial charge on any atom is 0.243 e. The number of aromatic nitrogens is 3. The molecule has 3 rings (SSSR count). The molecule has 23 heavy (non-hydrogen) atoms. The highest BCUT2D eigenvalue weighted by Gasteiger charge is 2.16. The van der Waals surface area contributed by atoms with Crippen LogP contribution in [0.1, 0.15) is 29.4 Å². The lowest BCUT2D eigenvalue weighted by Gasteiger charge is -2.08. The zero-order chi connectivity index (χ0) is 16.2. The Morgan fingerprint density at radius 1 is 1.39 bits per heavy atom. The van der Waals surface area contributed by atoms with Crippen LogP contribution in [0.3, 0.4) is 0 Å². The van der Waals surface area contributed by atoms with Crippen molar-refractivity contribution >= 4 is 11.3 Å². The van der Waals surface area contributed by atoms with Crippen LogP contribution in [-0.4, -0.2) is 22.2 Å². The monoisotopic (exact) mass is 330 g/mol. The van der Waals surface area contributed by atoms with Gasteiger partial charge in [-0.3, -0.25) is 0 Å². The third kappa shape index (κ3) is 3.57. The number of thiazole rings is 1. The van der Waals surface area contributed by atoms with Gasteiger partial charge in [-0.05, 0) is 26.0 Å². The third-order valence-corrected chi connectivity index (χ3v) is 4.49. The van der Waals surface area contributed by atoms with Gasteiger partial charge in [-0.1, -0.05) is 17.3 Å². The molecular weight excluding hydrogens is 312 g/mol. The highest BCUT2D eigenvalue weighted by molar-refractivity contribution is 7.09. The van der Waals surface area contributed by atoms with Crippen LogP contribution in [0.15, 0.2) is 34.3 Å². The van der Waals surface area contributed by atoms with E-state index in [0.717, 1.165) is 23.6 Å². The van der Waals surface area contributed by atoms with Crippen molar-refractivity contribution in [3.63, 3.8) is 0 Å². The third-order valence-electron chi connectivity index (χ3n) is 3.55. The molecule has 0 unspecified atom stereocenters. The van der Waals surface area contributed by atoms with Gasteiger partial charge >= 0.3 is 0 Å². The topological polar surface area (TPSA) is 73.1 Å². The zero-order valence-corrected chi connectivity index (χ0v) is 14.1. The summed E-state index contributed by atoms with van der Waals surface area (Å²) < 4.78 is 10.6. The molecule has 1 N–H and O–H groups in total. The number of nitrogens with zero attached hydrogens (tertiary/aromatic N) is 3. The largest absolute Gasteiger partial charge is 0.497 e. The van der Waals surface area contributed by atoms with Gasteiger partial charge in [0.1, 0.15) is 5.75 Å². The molecule has 1 atom stereocenters. The summed E-state index contributed by atoms with van der Waals surface area (Å²) in [5.41, 5.74) is 3.77. The molecule has 6 nitrogen and oxygen atoms in total. The number of aryl methyl sites for hydroxylation is 1. The maximum atomic E-state index is 5.38. The summed E-state index contributed by atoms with van der Waals surface area (Å²) in [6.07, 6.45) is 0. The van der Waals surface area contributed by atoms with E-state index in [2.05, 4.69) is 20.4 Å². The van der Waals surface area contributed by atoms with Gasteiger partial charge in [-0.2, -0.15) is 4.98 Å². The van der Waals surface area contributed by atoms with Crippen LogP contribution < -0.4 is 10.1 Å². The van der Waals surface area contributed by atoms with Crippen LogP contribution in [0.5, 0.6) is 5.75 Å². The number of rotatable bonds is 6. The predicted molar refractivity (Wildman–Crippen MR) is 88.4 cm³/mol. The molecule has 7 heteroatoms. The summed E-state index contributed by atoms with van der Waals surface area (Å²) >= 11 is 1.64. The Morgan fingerprint density at radius 3 is 3.00 bits per heavy atom. The highest BCUT2D eigenvalue weighted by atomic mass is 32.1. The summed E-state index contributed by atoms with van der Waals surface area (Å²) in [5, 5.41) is 7.43. The van der Waals surface area contributed by atoms with Crippen LogP contribution in [0, 0.1) is 6.92 Å². The van der Waals surface area contributed by atoms with Crippen molar-refractivity contribution in [2.75, 3.05) is 7.11 Å². The van der Waals surface area contributed by atoms with Gasteiger partial charge in [-0.25, -0.2) is 4.98 Å². The molecule has 0 aliphatic rings. The molecule has 2 aromatic heterocycles. The van der Waals surface area contributed by atoms with E-state index >= 15 is 0 Å². The van der Waals surface area contributed by atoms with Crippen molar-refractivity contribution in [1.82, 2.24) is 20.4 Å². The van der Waals surface area contributed by atoms with E-state index in [4.69, 9.17) is 9.26 Å². The first-order valence-electron chi connectivity index (χ1n) is 7.27. The number of benzene rings is 1. The molecule has 0 amide bonds. The van der Waals surface area contributed by atoms with Crippen molar-refractivity contribution in [3.8, 4) is 17.1 Å². The Balaban J connectivity index is 1.69. The van der Waals surface area contributed by atoms with Crippen LogP contribution in [-0.2, 0) is 6.54 Å². The van der Waals surface area contributed by atoms with Crippen molar-refractivity contribution in [3.05, 3.63) is 46.2 Å². The van der Waals surface area contributed by atoms with Crippen molar-refractivity contribution in [2.24, 2.45) is 0 Å². The second kappa shape index (κ2) is 6.89. The Bertz CT molecular complexity index is 784. The molecule has 0 aliphatic carbocycles. The fourth-order valence-corrected chi connectivity index (χ4v) is 2.85. The second-order valence-corrected chi connectivity index (χ2v) is 6.09. The maximum absolute atomic E-state index is 5.38. The SMILES string of the molecule is COc1cccc(-c2noc([C@H](C)NCc3scnc3C)n2)c1. The molecule has 3 aromatic rings. The van der Waals surface area contributed by atoms with Crippen molar-refractivity contribution in [2.45, 2.75) is 26.4 Å². The minimum atomic E-state index is -0.0386. The quantitative estimate of drug-likeness (QED) is 0.747. The molecule has 0 saturated heterocycles. The number of nitrogens with one attached hydrogen (secondary N) is 1. The standard InChI is InChI=1S/C16H18N4O2S/c1-10-14(23-9-18-10)8-17-11(2)16-19-15(20-22-16)12-5-4-6-13(7-12)21-3/h4-7,9,11,17H,8H2,1-3H3/t11-/m0/s1. The minimum Gasteiger partial charge on any atom is -0.497 e. The predicted octanol–water partition coefficient (Wildman–Crippen LogP) is 3.36. The smallest absolute Gasteiger partial charge is 0.243 e. The van der Waals surface area contributed by atoms with Gasteiger partial charge < -0.3 is 14.6 Å². The molecule has 0 spiro atoms. The van der Waals surface area contributed by atoms with Crippen LogP contribution in [0.4, 0.5) is 0 Å². The fraction of sp³-hybridized carbons (Fsp3) is 0.312. The Kier molecular flexibility index (Phi) is 4.68. The molecule has 0 saturated carbocycles. The van der Waals surface area contributed by atoms with Gasteiger partial charge in [0.25, 0.3) is 0 Å². The van der Waals surface area contributed by atoms with Crippen LogP contribution >= 0.6 is 11.3 Å². The highest BCUT2D eigenvalue weighted by Crippen LogP contribution is 2.23. The van der Waals surface area contributed by atoms with Gasteiger partial charge in [0.2, 0.25) is 11.7 Å². The van der Waals surface area contributed by atoms with Gasteiger partial charge in [0.05, 0.1) is 24.4 Å². The number of ether oxygens (including phenoxy) is 1. The first-order valence-corrected chi connectivity index (χ1v) is 8.15. The van der Waals surface area contributed by atoms with E-state index in [1.807, 2.05) is 43.6 Å². The van der Waals surface area contributed by atoms with Gasteiger partial charge in [0, 0.05) is 17.0 Å². The molecule has 0 bridgehead atoms. The molecule has 120 valence electrons. The molecule has 0 aliphatic heterocycles. The Hall–Kier alpha value is -2.25. The minimum absolute atomic E-state index is 0.0386. The van der Waals surface area contributed by atoms with Crippen molar-refractivity contribution in [1.29, 1.82) is 0 Å². The average molecular weight is 330 g/mol. The molecule has 1 aromatic carbocycles. The zero-order valence-electron chi connectivity index (χ0n) is 13.2. The molecule has 2 heterocycles. The lowest BCUT2D eigenvalue weighted by Crippen LogP contribution is -2.18. The van der Waals surface area contributed by atoms with Crippen LogP contribution in [0.2, 0.25) is 0 Å². The molecular formula is C16H18N4O2S. The Labute approximate surface area is 138 Å². The summed E-state index contributed by atoms with van der Waals surface area (Å²) in [6.45, 7) is 4.74. The number of hydrogen-bond donors (Lipinski definition) is 1.